The van der Waals surface area contributed by atoms with E-state index in [1.807, 2.05) is 6.07 Å². The molecule has 138 valence electrons. The van der Waals surface area contributed by atoms with E-state index in [1.54, 1.807) is 0 Å². The van der Waals surface area contributed by atoms with Gasteiger partial charge >= 0.3 is 0 Å². The Kier molecular flexibility index (Phi) is 4.56. The highest BCUT2D eigenvalue weighted by molar-refractivity contribution is 5.96. The standard InChI is InChI=1S/C28H21N/c1-2-7-21(8-3-1)22-13-17-25(18-14-22)29-26-19-15-24(16-20-26)28-12-6-10-23-9-4-5-11-27(23)28/h1-20,29H. The predicted molar refractivity (Wildman–Crippen MR) is 125 cm³/mol. The molecule has 5 rings (SSSR count). The van der Waals surface area contributed by atoms with E-state index in [-0.39, 0.29) is 0 Å². The summed E-state index contributed by atoms with van der Waals surface area (Å²) in [5.74, 6) is 0. The molecule has 1 nitrogen and oxygen atoms in total. The van der Waals surface area contributed by atoms with E-state index in [2.05, 4.69) is 121 Å². The van der Waals surface area contributed by atoms with E-state index in [4.69, 9.17) is 0 Å². The summed E-state index contributed by atoms with van der Waals surface area (Å²) in [5.41, 5.74) is 7.12. The highest BCUT2D eigenvalue weighted by Gasteiger charge is 2.04. The molecule has 0 aromatic heterocycles. The zero-order valence-electron chi connectivity index (χ0n) is 16.0. The first-order valence-corrected chi connectivity index (χ1v) is 9.87. The maximum Gasteiger partial charge on any atom is 0.0384 e. The Labute approximate surface area is 171 Å². The molecule has 0 amide bonds. The highest BCUT2D eigenvalue weighted by Crippen LogP contribution is 2.30. The van der Waals surface area contributed by atoms with Crippen molar-refractivity contribution in [2.24, 2.45) is 0 Å². The summed E-state index contributed by atoms with van der Waals surface area (Å²) in [6, 6.07) is 42.7. The summed E-state index contributed by atoms with van der Waals surface area (Å²) in [6.07, 6.45) is 0. The van der Waals surface area contributed by atoms with E-state index in [0.717, 1.165) is 11.4 Å². The summed E-state index contributed by atoms with van der Waals surface area (Å²) < 4.78 is 0. The second-order valence-electron chi connectivity index (χ2n) is 7.17. The van der Waals surface area contributed by atoms with Crippen molar-refractivity contribution < 1.29 is 0 Å². The van der Waals surface area contributed by atoms with Gasteiger partial charge < -0.3 is 5.32 Å². The van der Waals surface area contributed by atoms with Crippen LogP contribution in [0.1, 0.15) is 0 Å². The Hall–Kier alpha value is -3.84. The SMILES string of the molecule is c1ccc(-c2ccc(Nc3ccc(-c4cccc5ccccc45)cc3)cc2)cc1. The first-order chi connectivity index (χ1) is 14.4. The summed E-state index contributed by atoms with van der Waals surface area (Å²) in [7, 11) is 0. The molecule has 5 aromatic rings. The molecule has 0 atom stereocenters. The zero-order chi connectivity index (χ0) is 19.5. The monoisotopic (exact) mass is 371 g/mol. The highest BCUT2D eigenvalue weighted by atomic mass is 14.9. The van der Waals surface area contributed by atoms with Gasteiger partial charge in [-0.15, -0.1) is 0 Å². The van der Waals surface area contributed by atoms with Crippen molar-refractivity contribution >= 4 is 22.1 Å². The summed E-state index contributed by atoms with van der Waals surface area (Å²) in [4.78, 5) is 0. The Morgan fingerprint density at radius 3 is 1.66 bits per heavy atom. The summed E-state index contributed by atoms with van der Waals surface area (Å²) >= 11 is 0. The number of benzene rings is 5. The minimum absolute atomic E-state index is 1.08. The average Bonchev–Trinajstić information content (AvgIpc) is 2.80. The number of anilines is 2. The second-order valence-corrected chi connectivity index (χ2v) is 7.17. The van der Waals surface area contributed by atoms with Crippen LogP contribution >= 0.6 is 0 Å². The van der Waals surface area contributed by atoms with Gasteiger partial charge in [-0.25, -0.2) is 0 Å². The van der Waals surface area contributed by atoms with Gasteiger partial charge in [-0.1, -0.05) is 97.1 Å². The zero-order valence-corrected chi connectivity index (χ0v) is 16.0. The Balaban J connectivity index is 1.37. The summed E-state index contributed by atoms with van der Waals surface area (Å²) in [5, 5.41) is 6.05. The average molecular weight is 371 g/mol. The fourth-order valence-electron chi connectivity index (χ4n) is 3.75. The first-order valence-electron chi connectivity index (χ1n) is 9.87. The van der Waals surface area contributed by atoms with E-state index in [9.17, 15) is 0 Å². The molecule has 0 saturated carbocycles. The first kappa shape index (κ1) is 17.3. The Bertz CT molecular complexity index is 1230. The van der Waals surface area contributed by atoms with E-state index < -0.39 is 0 Å². The molecule has 0 saturated heterocycles. The molecule has 0 fully saturated rings. The van der Waals surface area contributed by atoms with Gasteiger partial charge in [0, 0.05) is 11.4 Å². The lowest BCUT2D eigenvalue weighted by molar-refractivity contribution is 1.54. The maximum absolute atomic E-state index is 3.50. The van der Waals surface area contributed by atoms with Crippen molar-refractivity contribution in [2.45, 2.75) is 0 Å². The molecule has 0 heterocycles. The van der Waals surface area contributed by atoms with Crippen LogP contribution in [0.15, 0.2) is 121 Å². The lowest BCUT2D eigenvalue weighted by Gasteiger charge is -2.10. The predicted octanol–water partition coefficient (Wildman–Crippen LogP) is 7.92. The molecule has 0 aliphatic rings. The molecular formula is C28H21N. The van der Waals surface area contributed by atoms with Crippen LogP contribution in [0.3, 0.4) is 0 Å². The van der Waals surface area contributed by atoms with Crippen LogP contribution in [-0.4, -0.2) is 0 Å². The van der Waals surface area contributed by atoms with Crippen LogP contribution in [0.4, 0.5) is 11.4 Å². The van der Waals surface area contributed by atoms with Gasteiger partial charge in [-0.3, -0.25) is 0 Å². The molecule has 0 spiro atoms. The smallest absolute Gasteiger partial charge is 0.0384 e. The molecular weight excluding hydrogens is 350 g/mol. The van der Waals surface area contributed by atoms with Crippen LogP contribution in [0.5, 0.6) is 0 Å². The minimum atomic E-state index is 1.08. The van der Waals surface area contributed by atoms with Gasteiger partial charge in [-0.2, -0.15) is 0 Å². The molecule has 5 aromatic carbocycles. The molecule has 0 unspecified atom stereocenters. The third-order valence-electron chi connectivity index (χ3n) is 5.27. The van der Waals surface area contributed by atoms with Crippen molar-refractivity contribution in [3.8, 4) is 22.3 Å². The van der Waals surface area contributed by atoms with Gasteiger partial charge in [0.1, 0.15) is 0 Å². The van der Waals surface area contributed by atoms with E-state index in [0.29, 0.717) is 0 Å². The fraction of sp³-hybridized carbons (Fsp3) is 0. The van der Waals surface area contributed by atoms with Crippen LogP contribution in [-0.2, 0) is 0 Å². The number of fused-ring (bicyclic) bond motifs is 1. The largest absolute Gasteiger partial charge is 0.356 e. The van der Waals surface area contributed by atoms with Crippen molar-refractivity contribution in [3.05, 3.63) is 121 Å². The van der Waals surface area contributed by atoms with Crippen LogP contribution in [0, 0.1) is 0 Å². The van der Waals surface area contributed by atoms with Gasteiger partial charge in [0.2, 0.25) is 0 Å². The normalized spacial score (nSPS) is 10.8. The van der Waals surface area contributed by atoms with Crippen LogP contribution in [0.2, 0.25) is 0 Å². The third kappa shape index (κ3) is 3.63. The molecule has 29 heavy (non-hydrogen) atoms. The van der Waals surface area contributed by atoms with Gasteiger partial charge in [0.05, 0.1) is 0 Å². The fourth-order valence-corrected chi connectivity index (χ4v) is 3.75. The molecule has 1 N–H and O–H groups in total. The van der Waals surface area contributed by atoms with Crippen LogP contribution < -0.4 is 5.32 Å². The lowest BCUT2D eigenvalue weighted by Crippen LogP contribution is -1.90. The summed E-state index contributed by atoms with van der Waals surface area (Å²) in [6.45, 7) is 0. The van der Waals surface area contributed by atoms with Gasteiger partial charge in [0.25, 0.3) is 0 Å². The molecule has 0 aliphatic heterocycles. The third-order valence-corrected chi connectivity index (χ3v) is 5.27. The van der Waals surface area contributed by atoms with Crippen molar-refractivity contribution in [1.82, 2.24) is 0 Å². The van der Waals surface area contributed by atoms with Crippen molar-refractivity contribution in [1.29, 1.82) is 0 Å². The Morgan fingerprint density at radius 1 is 0.379 bits per heavy atom. The van der Waals surface area contributed by atoms with Crippen molar-refractivity contribution in [3.63, 3.8) is 0 Å². The maximum atomic E-state index is 3.50. The lowest BCUT2D eigenvalue weighted by atomic mass is 9.98. The van der Waals surface area contributed by atoms with E-state index in [1.165, 1.54) is 33.0 Å². The van der Waals surface area contributed by atoms with Gasteiger partial charge in [0.15, 0.2) is 0 Å². The van der Waals surface area contributed by atoms with E-state index >= 15 is 0 Å². The minimum Gasteiger partial charge on any atom is -0.356 e. The topological polar surface area (TPSA) is 12.0 Å². The van der Waals surface area contributed by atoms with Crippen LogP contribution in [0.25, 0.3) is 33.0 Å². The second kappa shape index (κ2) is 7.65. The molecule has 1 heteroatoms. The van der Waals surface area contributed by atoms with Gasteiger partial charge in [-0.05, 0) is 57.3 Å². The Morgan fingerprint density at radius 2 is 0.931 bits per heavy atom. The van der Waals surface area contributed by atoms with Crippen molar-refractivity contribution in [2.75, 3.05) is 5.32 Å². The quantitative estimate of drug-likeness (QED) is 0.338. The number of nitrogens with one attached hydrogen (secondary N) is 1. The number of hydrogen-bond acceptors (Lipinski definition) is 1. The molecule has 0 bridgehead atoms. The molecule has 0 aliphatic carbocycles. The number of hydrogen-bond donors (Lipinski definition) is 1. The number of rotatable bonds is 4. The molecule has 0 radical (unpaired) electrons.